The fourth-order valence-electron chi connectivity index (χ4n) is 0.934. The number of halogens is 3. The zero-order valence-electron chi connectivity index (χ0n) is 6.85. The molecule has 0 atom stereocenters. The lowest BCUT2D eigenvalue weighted by Crippen LogP contribution is -2.15. The number of pyridine rings is 1. The standard InChI is InChI=1S/C8H5BrF2N2O/c9-5-3-4(1-2-12)8(14)13-6(5)7(10)11/h3,7H,1H2,(H,13,14). The van der Waals surface area contributed by atoms with Crippen LogP contribution >= 0.6 is 15.9 Å². The van der Waals surface area contributed by atoms with Crippen LogP contribution in [0.15, 0.2) is 15.3 Å². The van der Waals surface area contributed by atoms with Crippen LogP contribution in [0.3, 0.4) is 0 Å². The van der Waals surface area contributed by atoms with Gasteiger partial charge in [0.2, 0.25) is 0 Å². The molecule has 1 aromatic rings. The number of hydrogen-bond acceptors (Lipinski definition) is 2. The van der Waals surface area contributed by atoms with E-state index in [0.29, 0.717) is 0 Å². The molecule has 0 aliphatic heterocycles. The molecule has 1 aromatic heterocycles. The van der Waals surface area contributed by atoms with E-state index in [2.05, 4.69) is 15.9 Å². The van der Waals surface area contributed by atoms with Crippen LogP contribution in [0.4, 0.5) is 8.78 Å². The fraction of sp³-hybridized carbons (Fsp3) is 0.250. The largest absolute Gasteiger partial charge is 0.320 e. The van der Waals surface area contributed by atoms with E-state index in [9.17, 15) is 13.6 Å². The Hall–Kier alpha value is -1.22. The third-order valence-electron chi connectivity index (χ3n) is 1.59. The maximum Gasteiger partial charge on any atom is 0.279 e. The number of hydrogen-bond donors (Lipinski definition) is 1. The topological polar surface area (TPSA) is 56.6 Å². The first-order valence-electron chi connectivity index (χ1n) is 3.63. The minimum atomic E-state index is -2.74. The predicted molar refractivity (Wildman–Crippen MR) is 49.0 cm³/mol. The number of aromatic amines is 1. The average molecular weight is 263 g/mol. The van der Waals surface area contributed by atoms with Crippen LogP contribution in [0.5, 0.6) is 0 Å². The van der Waals surface area contributed by atoms with Gasteiger partial charge >= 0.3 is 0 Å². The second-order valence-corrected chi connectivity index (χ2v) is 3.38. The summed E-state index contributed by atoms with van der Waals surface area (Å²) >= 11 is 2.89. The number of nitriles is 1. The van der Waals surface area contributed by atoms with Crippen LogP contribution in [0.25, 0.3) is 0 Å². The van der Waals surface area contributed by atoms with Crippen molar-refractivity contribution in [1.82, 2.24) is 4.98 Å². The van der Waals surface area contributed by atoms with Crippen LogP contribution in [0.1, 0.15) is 17.7 Å². The van der Waals surface area contributed by atoms with Crippen molar-refractivity contribution in [3.05, 3.63) is 32.2 Å². The minimum Gasteiger partial charge on any atom is -0.320 e. The summed E-state index contributed by atoms with van der Waals surface area (Å²) in [5.41, 5.74) is -0.939. The number of nitrogens with one attached hydrogen (secondary N) is 1. The maximum absolute atomic E-state index is 12.3. The van der Waals surface area contributed by atoms with Crippen LogP contribution in [0.2, 0.25) is 0 Å². The smallest absolute Gasteiger partial charge is 0.279 e. The molecule has 0 aliphatic rings. The molecule has 0 amide bonds. The summed E-state index contributed by atoms with van der Waals surface area (Å²) in [4.78, 5) is 13.2. The highest BCUT2D eigenvalue weighted by Crippen LogP contribution is 2.24. The van der Waals surface area contributed by atoms with Gasteiger partial charge in [0, 0.05) is 10.0 Å². The summed E-state index contributed by atoms with van der Waals surface area (Å²) < 4.78 is 24.6. The molecule has 0 bridgehead atoms. The van der Waals surface area contributed by atoms with Gasteiger partial charge in [-0.15, -0.1) is 0 Å². The molecule has 0 aliphatic carbocycles. The highest BCUT2D eigenvalue weighted by atomic mass is 79.9. The summed E-state index contributed by atoms with van der Waals surface area (Å²) in [5, 5.41) is 8.35. The molecule has 1 N–H and O–H groups in total. The third kappa shape index (κ3) is 2.17. The van der Waals surface area contributed by atoms with Crippen LogP contribution in [-0.4, -0.2) is 4.98 Å². The minimum absolute atomic E-state index is 0.0998. The van der Waals surface area contributed by atoms with E-state index in [1.807, 2.05) is 4.98 Å². The van der Waals surface area contributed by atoms with E-state index in [1.54, 1.807) is 6.07 Å². The van der Waals surface area contributed by atoms with Crippen molar-refractivity contribution < 1.29 is 8.78 Å². The Balaban J connectivity index is 3.26. The predicted octanol–water partition coefficient (Wildman–Crippen LogP) is 2.14. The second-order valence-electron chi connectivity index (χ2n) is 2.52. The van der Waals surface area contributed by atoms with Crippen LogP contribution < -0.4 is 5.56 Å². The van der Waals surface area contributed by atoms with Crippen molar-refractivity contribution in [2.24, 2.45) is 0 Å². The lowest BCUT2D eigenvalue weighted by atomic mass is 10.2. The molecule has 3 nitrogen and oxygen atoms in total. The van der Waals surface area contributed by atoms with Gasteiger partial charge in [0.25, 0.3) is 12.0 Å². The molecule has 14 heavy (non-hydrogen) atoms. The van der Waals surface area contributed by atoms with Gasteiger partial charge in [-0.3, -0.25) is 4.79 Å². The SMILES string of the molecule is N#CCc1cc(Br)c(C(F)F)[nH]c1=O. The van der Waals surface area contributed by atoms with Gasteiger partial charge in [-0.2, -0.15) is 5.26 Å². The molecular formula is C8H5BrF2N2O. The van der Waals surface area contributed by atoms with Gasteiger partial charge in [-0.05, 0) is 22.0 Å². The highest BCUT2D eigenvalue weighted by Gasteiger charge is 2.14. The lowest BCUT2D eigenvalue weighted by molar-refractivity contribution is 0.145. The van der Waals surface area contributed by atoms with E-state index in [0.717, 1.165) is 0 Å². The Labute approximate surface area is 86.5 Å². The van der Waals surface area contributed by atoms with Gasteiger partial charge in [0.1, 0.15) is 0 Å². The van der Waals surface area contributed by atoms with Crippen molar-refractivity contribution in [1.29, 1.82) is 5.26 Å². The van der Waals surface area contributed by atoms with E-state index >= 15 is 0 Å². The van der Waals surface area contributed by atoms with Gasteiger partial charge in [0.15, 0.2) is 0 Å². The zero-order chi connectivity index (χ0) is 10.7. The van der Waals surface area contributed by atoms with Crippen molar-refractivity contribution >= 4 is 15.9 Å². The molecule has 0 spiro atoms. The van der Waals surface area contributed by atoms with Crippen molar-refractivity contribution in [2.45, 2.75) is 12.8 Å². The quantitative estimate of drug-likeness (QED) is 0.888. The average Bonchev–Trinajstić information content (AvgIpc) is 2.10. The summed E-state index contributed by atoms with van der Waals surface area (Å²) in [6.45, 7) is 0. The molecule has 1 rings (SSSR count). The molecule has 0 radical (unpaired) electrons. The van der Waals surface area contributed by atoms with E-state index in [4.69, 9.17) is 5.26 Å². The van der Waals surface area contributed by atoms with Crippen LogP contribution in [-0.2, 0) is 6.42 Å². The highest BCUT2D eigenvalue weighted by molar-refractivity contribution is 9.10. The third-order valence-corrected chi connectivity index (χ3v) is 2.24. The Bertz CT molecular complexity index is 436. The number of H-pyrrole nitrogens is 1. The van der Waals surface area contributed by atoms with Gasteiger partial charge < -0.3 is 4.98 Å². The summed E-state index contributed by atoms with van der Waals surface area (Å²) in [7, 11) is 0. The molecule has 74 valence electrons. The van der Waals surface area contributed by atoms with E-state index in [1.165, 1.54) is 6.07 Å². The van der Waals surface area contributed by atoms with Crippen molar-refractivity contribution in [3.63, 3.8) is 0 Å². The molecule has 0 fully saturated rings. The monoisotopic (exact) mass is 262 g/mol. The summed E-state index contributed by atoms with van der Waals surface area (Å²) in [6, 6.07) is 3.01. The lowest BCUT2D eigenvalue weighted by Gasteiger charge is -2.03. The summed E-state index contributed by atoms with van der Waals surface area (Å²) in [6.07, 6.45) is -2.84. The molecule has 0 unspecified atom stereocenters. The zero-order valence-corrected chi connectivity index (χ0v) is 8.44. The van der Waals surface area contributed by atoms with Crippen molar-refractivity contribution in [2.75, 3.05) is 0 Å². The number of rotatable bonds is 2. The Kier molecular flexibility index (Phi) is 3.36. The molecule has 6 heteroatoms. The normalized spacial score (nSPS) is 10.2. The van der Waals surface area contributed by atoms with E-state index in [-0.39, 0.29) is 16.5 Å². The van der Waals surface area contributed by atoms with Gasteiger partial charge in [-0.1, -0.05) is 0 Å². The first kappa shape index (κ1) is 10.9. The maximum atomic E-state index is 12.3. The Morgan fingerprint density at radius 3 is 2.79 bits per heavy atom. The first-order valence-corrected chi connectivity index (χ1v) is 4.42. The number of aromatic nitrogens is 1. The molecule has 0 aromatic carbocycles. The Morgan fingerprint density at radius 2 is 2.29 bits per heavy atom. The molecular weight excluding hydrogens is 258 g/mol. The number of alkyl halides is 2. The van der Waals surface area contributed by atoms with Gasteiger partial charge in [-0.25, -0.2) is 8.78 Å². The molecule has 1 heterocycles. The van der Waals surface area contributed by atoms with Gasteiger partial charge in [0.05, 0.1) is 18.2 Å². The first-order chi connectivity index (χ1) is 6.56. The van der Waals surface area contributed by atoms with Crippen LogP contribution in [0, 0.1) is 11.3 Å². The Morgan fingerprint density at radius 1 is 1.64 bits per heavy atom. The fourth-order valence-corrected chi connectivity index (χ4v) is 1.48. The number of nitrogens with zero attached hydrogens (tertiary/aromatic N) is 1. The molecule has 0 saturated carbocycles. The molecule has 0 saturated heterocycles. The summed E-state index contributed by atoms with van der Waals surface area (Å²) in [5.74, 6) is 0. The van der Waals surface area contributed by atoms with E-state index < -0.39 is 17.7 Å². The van der Waals surface area contributed by atoms with Crippen molar-refractivity contribution in [3.8, 4) is 6.07 Å². The second kappa shape index (κ2) is 4.33.